The minimum absolute atomic E-state index is 0.0167. The first-order chi connectivity index (χ1) is 10.1. The maximum absolute atomic E-state index is 12.4. The van der Waals surface area contributed by atoms with Crippen molar-refractivity contribution in [3.63, 3.8) is 0 Å². The molecule has 1 heterocycles. The smallest absolute Gasteiger partial charge is 0.251 e. The van der Waals surface area contributed by atoms with Crippen LogP contribution < -0.4 is 10.6 Å². The van der Waals surface area contributed by atoms with Gasteiger partial charge in [0.05, 0.1) is 6.04 Å². The van der Waals surface area contributed by atoms with Gasteiger partial charge in [0.15, 0.2) is 0 Å². The van der Waals surface area contributed by atoms with Crippen molar-refractivity contribution in [1.82, 2.24) is 10.6 Å². The fourth-order valence-corrected chi connectivity index (χ4v) is 2.82. The van der Waals surface area contributed by atoms with E-state index in [4.69, 9.17) is 0 Å². The summed E-state index contributed by atoms with van der Waals surface area (Å²) in [6.45, 7) is 3.74. The molecule has 1 atom stereocenters. The van der Waals surface area contributed by atoms with Crippen LogP contribution in [0.25, 0.3) is 0 Å². The second kappa shape index (κ2) is 6.00. The average Bonchev–Trinajstić information content (AvgIpc) is 2.95. The van der Waals surface area contributed by atoms with Crippen LogP contribution in [-0.2, 0) is 13.1 Å². The lowest BCUT2D eigenvalue weighted by atomic mass is 10.0. The van der Waals surface area contributed by atoms with Crippen LogP contribution in [0.3, 0.4) is 0 Å². The molecule has 0 bridgehead atoms. The highest BCUT2D eigenvalue weighted by Gasteiger charge is 2.15. The van der Waals surface area contributed by atoms with Crippen molar-refractivity contribution in [3.8, 4) is 0 Å². The van der Waals surface area contributed by atoms with Crippen LogP contribution in [0, 0.1) is 0 Å². The molecule has 0 aliphatic carbocycles. The topological polar surface area (TPSA) is 41.1 Å². The largest absolute Gasteiger partial charge is 0.346 e. The van der Waals surface area contributed by atoms with Gasteiger partial charge in [-0.1, -0.05) is 34.1 Å². The number of fused-ring (bicyclic) bond motifs is 1. The van der Waals surface area contributed by atoms with E-state index in [2.05, 4.69) is 26.6 Å². The summed E-state index contributed by atoms with van der Waals surface area (Å²) in [7, 11) is 0. The number of carbonyl (C=O) groups is 1. The van der Waals surface area contributed by atoms with Gasteiger partial charge in [-0.05, 0) is 47.9 Å². The molecule has 3 rings (SSSR count). The molecule has 0 saturated heterocycles. The van der Waals surface area contributed by atoms with Gasteiger partial charge in [-0.15, -0.1) is 0 Å². The molecule has 0 spiro atoms. The molecule has 2 aromatic carbocycles. The minimum Gasteiger partial charge on any atom is -0.346 e. The number of rotatable bonds is 3. The van der Waals surface area contributed by atoms with Gasteiger partial charge in [-0.25, -0.2) is 0 Å². The van der Waals surface area contributed by atoms with Crippen molar-refractivity contribution in [2.45, 2.75) is 26.1 Å². The maximum atomic E-state index is 12.4. The van der Waals surface area contributed by atoms with Gasteiger partial charge in [0.25, 0.3) is 5.91 Å². The van der Waals surface area contributed by atoms with Crippen molar-refractivity contribution in [1.29, 1.82) is 0 Å². The molecule has 0 unspecified atom stereocenters. The van der Waals surface area contributed by atoms with E-state index in [1.54, 1.807) is 0 Å². The Bertz CT molecular complexity index is 667. The summed E-state index contributed by atoms with van der Waals surface area (Å²) in [5, 5.41) is 6.34. The molecule has 1 aliphatic heterocycles. The first-order valence-corrected chi connectivity index (χ1v) is 7.81. The third-order valence-corrected chi connectivity index (χ3v) is 4.35. The van der Waals surface area contributed by atoms with Gasteiger partial charge in [0, 0.05) is 23.1 Å². The van der Waals surface area contributed by atoms with Gasteiger partial charge >= 0.3 is 0 Å². The normalized spacial score (nSPS) is 14.6. The monoisotopic (exact) mass is 344 g/mol. The van der Waals surface area contributed by atoms with Crippen LogP contribution in [0.15, 0.2) is 46.9 Å². The average molecular weight is 345 g/mol. The van der Waals surface area contributed by atoms with E-state index in [9.17, 15) is 4.79 Å². The van der Waals surface area contributed by atoms with Gasteiger partial charge in [0.2, 0.25) is 0 Å². The Balaban J connectivity index is 1.72. The van der Waals surface area contributed by atoms with E-state index in [1.165, 1.54) is 11.1 Å². The molecule has 0 fully saturated rings. The van der Waals surface area contributed by atoms with E-state index in [0.717, 1.165) is 28.7 Å². The molecule has 2 aromatic rings. The van der Waals surface area contributed by atoms with Gasteiger partial charge in [0.1, 0.15) is 0 Å². The Hall–Kier alpha value is -1.65. The second-order valence-corrected chi connectivity index (χ2v) is 6.25. The van der Waals surface area contributed by atoms with Crippen molar-refractivity contribution < 1.29 is 4.79 Å². The number of hydrogen-bond donors (Lipinski definition) is 2. The molecular weight excluding hydrogens is 328 g/mol. The fraction of sp³-hybridized carbons (Fsp3) is 0.235. The molecule has 108 valence electrons. The van der Waals surface area contributed by atoms with Crippen molar-refractivity contribution >= 4 is 21.8 Å². The van der Waals surface area contributed by atoms with Crippen LogP contribution in [-0.4, -0.2) is 5.91 Å². The number of nitrogens with one attached hydrogen (secondary N) is 2. The second-order valence-electron chi connectivity index (χ2n) is 5.33. The van der Waals surface area contributed by atoms with Crippen LogP contribution in [0.4, 0.5) is 0 Å². The van der Waals surface area contributed by atoms with Crippen molar-refractivity contribution in [3.05, 3.63) is 69.2 Å². The number of amides is 1. The summed E-state index contributed by atoms with van der Waals surface area (Å²) in [5.74, 6) is -0.0277. The van der Waals surface area contributed by atoms with E-state index >= 15 is 0 Å². The number of halogens is 1. The summed E-state index contributed by atoms with van der Waals surface area (Å²) in [6, 6.07) is 13.9. The van der Waals surface area contributed by atoms with Gasteiger partial charge in [-0.2, -0.15) is 0 Å². The summed E-state index contributed by atoms with van der Waals surface area (Å²) >= 11 is 3.42. The summed E-state index contributed by atoms with van der Waals surface area (Å²) in [6.07, 6.45) is 0. The Morgan fingerprint density at radius 2 is 1.86 bits per heavy atom. The summed E-state index contributed by atoms with van der Waals surface area (Å²) < 4.78 is 1.04. The molecule has 0 radical (unpaired) electrons. The molecule has 4 heteroatoms. The number of hydrogen-bond acceptors (Lipinski definition) is 2. The van der Waals surface area contributed by atoms with Crippen molar-refractivity contribution in [2.75, 3.05) is 0 Å². The minimum atomic E-state index is -0.0277. The highest BCUT2D eigenvalue weighted by molar-refractivity contribution is 9.10. The fourth-order valence-electron chi connectivity index (χ4n) is 2.55. The SMILES string of the molecule is C[C@@H](NC(=O)c1ccc2c(c1)CNC2)c1ccc(Br)cc1. The van der Waals surface area contributed by atoms with Crippen LogP contribution in [0.5, 0.6) is 0 Å². The Morgan fingerprint density at radius 3 is 2.62 bits per heavy atom. The number of benzene rings is 2. The Morgan fingerprint density at radius 1 is 1.14 bits per heavy atom. The third-order valence-electron chi connectivity index (χ3n) is 3.82. The highest BCUT2D eigenvalue weighted by atomic mass is 79.9. The van der Waals surface area contributed by atoms with Crippen LogP contribution in [0.2, 0.25) is 0 Å². The lowest BCUT2D eigenvalue weighted by Gasteiger charge is -2.15. The predicted molar refractivity (Wildman–Crippen MR) is 87.0 cm³/mol. The Kier molecular flexibility index (Phi) is 4.08. The maximum Gasteiger partial charge on any atom is 0.251 e. The molecule has 1 amide bonds. The molecular formula is C17H17BrN2O. The third kappa shape index (κ3) is 3.17. The number of carbonyl (C=O) groups excluding carboxylic acids is 1. The molecule has 21 heavy (non-hydrogen) atoms. The predicted octanol–water partition coefficient (Wildman–Crippen LogP) is 3.54. The molecule has 0 aromatic heterocycles. The van der Waals surface area contributed by atoms with E-state index in [-0.39, 0.29) is 11.9 Å². The molecule has 1 aliphatic rings. The van der Waals surface area contributed by atoms with Gasteiger partial charge < -0.3 is 10.6 Å². The van der Waals surface area contributed by atoms with E-state index in [1.807, 2.05) is 49.4 Å². The molecule has 3 nitrogen and oxygen atoms in total. The van der Waals surface area contributed by atoms with Crippen molar-refractivity contribution in [2.24, 2.45) is 0 Å². The van der Waals surface area contributed by atoms with E-state index in [0.29, 0.717) is 0 Å². The Labute approximate surface area is 132 Å². The van der Waals surface area contributed by atoms with Crippen LogP contribution in [0.1, 0.15) is 40.0 Å². The highest BCUT2D eigenvalue weighted by Crippen LogP contribution is 2.19. The zero-order valence-corrected chi connectivity index (χ0v) is 13.4. The first kappa shape index (κ1) is 14.3. The quantitative estimate of drug-likeness (QED) is 0.893. The van der Waals surface area contributed by atoms with E-state index < -0.39 is 0 Å². The summed E-state index contributed by atoms with van der Waals surface area (Å²) in [4.78, 5) is 12.4. The molecule has 2 N–H and O–H groups in total. The standard InChI is InChI=1S/C17H17BrN2O/c1-11(12-4-6-16(18)7-5-12)20-17(21)13-2-3-14-9-19-10-15(14)8-13/h2-8,11,19H,9-10H2,1H3,(H,20,21)/t11-/m1/s1. The molecule has 0 saturated carbocycles. The van der Waals surface area contributed by atoms with Crippen LogP contribution >= 0.6 is 15.9 Å². The lowest BCUT2D eigenvalue weighted by molar-refractivity contribution is 0.0940. The lowest BCUT2D eigenvalue weighted by Crippen LogP contribution is -2.26. The zero-order valence-electron chi connectivity index (χ0n) is 11.8. The zero-order chi connectivity index (χ0) is 14.8. The first-order valence-electron chi connectivity index (χ1n) is 7.02. The summed E-state index contributed by atoms with van der Waals surface area (Å²) in [5.41, 5.74) is 4.32. The van der Waals surface area contributed by atoms with Gasteiger partial charge in [-0.3, -0.25) is 4.79 Å².